The molecule has 12 heteroatoms. The fraction of sp³-hybridized carbons (Fsp3) is 0.667. The van der Waals surface area contributed by atoms with Crippen LogP contribution in [0.4, 0.5) is 0 Å². The number of aliphatic carboxylic acids is 1. The summed E-state index contributed by atoms with van der Waals surface area (Å²) in [6, 6.07) is -3.25. The molecular weight excluding hydrogens is 362 g/mol. The Morgan fingerprint density at radius 3 is 2.44 bits per heavy atom. The summed E-state index contributed by atoms with van der Waals surface area (Å²) in [4.78, 5) is 59.2. The normalized spacial score (nSPS) is 18.4. The summed E-state index contributed by atoms with van der Waals surface area (Å²) < 4.78 is 0. The van der Waals surface area contributed by atoms with E-state index in [0.29, 0.717) is 19.4 Å². The lowest BCUT2D eigenvalue weighted by Crippen LogP contribution is -2.53. The summed E-state index contributed by atoms with van der Waals surface area (Å²) in [5.74, 6) is -3.93. The molecule has 0 unspecified atom stereocenters. The monoisotopic (exact) mass is 387 g/mol. The Balaban J connectivity index is 2.54. The van der Waals surface area contributed by atoms with Gasteiger partial charge in [-0.25, -0.2) is 4.79 Å². The molecule has 1 aliphatic heterocycles. The molecule has 1 fully saturated rings. The van der Waals surface area contributed by atoms with Crippen molar-refractivity contribution in [1.29, 1.82) is 0 Å². The summed E-state index contributed by atoms with van der Waals surface area (Å²) in [6.45, 7) is -0.733. The van der Waals surface area contributed by atoms with Crippen molar-refractivity contribution in [3.05, 3.63) is 0 Å². The van der Waals surface area contributed by atoms with Gasteiger partial charge in [-0.05, 0) is 19.3 Å². The third-order valence-corrected chi connectivity index (χ3v) is 4.09. The second-order valence-electron chi connectivity index (χ2n) is 6.16. The molecule has 0 spiro atoms. The van der Waals surface area contributed by atoms with Crippen LogP contribution in [0.2, 0.25) is 0 Å². The summed E-state index contributed by atoms with van der Waals surface area (Å²) in [7, 11) is 0. The number of nitrogens with one attached hydrogen (secondary N) is 2. The zero-order chi connectivity index (χ0) is 20.6. The smallest absolute Gasteiger partial charge is 0.326 e. The molecule has 8 N–H and O–H groups in total. The topological polar surface area (TPSA) is 205 Å². The fourth-order valence-electron chi connectivity index (χ4n) is 2.67. The predicted molar refractivity (Wildman–Crippen MR) is 90.8 cm³/mol. The van der Waals surface area contributed by atoms with E-state index in [1.807, 2.05) is 0 Å². The van der Waals surface area contributed by atoms with E-state index in [1.54, 1.807) is 0 Å². The van der Waals surface area contributed by atoms with Gasteiger partial charge >= 0.3 is 5.97 Å². The minimum absolute atomic E-state index is 0.172. The average molecular weight is 387 g/mol. The van der Waals surface area contributed by atoms with Crippen molar-refractivity contribution >= 4 is 29.6 Å². The van der Waals surface area contributed by atoms with E-state index in [-0.39, 0.29) is 12.8 Å². The van der Waals surface area contributed by atoms with Crippen LogP contribution in [0.5, 0.6) is 0 Å². The fourth-order valence-corrected chi connectivity index (χ4v) is 2.67. The molecule has 0 aromatic rings. The van der Waals surface area contributed by atoms with Crippen molar-refractivity contribution < 1.29 is 34.2 Å². The first-order chi connectivity index (χ1) is 12.7. The number of nitrogens with two attached hydrogens (primary N) is 2. The summed E-state index contributed by atoms with van der Waals surface area (Å²) in [5, 5.41) is 22.5. The summed E-state index contributed by atoms with van der Waals surface area (Å²) in [5.41, 5.74) is 10.4. The molecule has 152 valence electrons. The number of hydrogen-bond donors (Lipinski definition) is 6. The Hall–Kier alpha value is -2.73. The minimum atomic E-state index is -1.33. The van der Waals surface area contributed by atoms with Gasteiger partial charge in [0.25, 0.3) is 0 Å². The number of carbonyl (C=O) groups excluding carboxylic acids is 4. The number of carboxylic acid groups (broad SMARTS) is 1. The van der Waals surface area contributed by atoms with Gasteiger partial charge in [0.1, 0.15) is 18.1 Å². The Labute approximate surface area is 155 Å². The van der Waals surface area contributed by atoms with Crippen LogP contribution in [0, 0.1) is 0 Å². The van der Waals surface area contributed by atoms with Gasteiger partial charge in [0.2, 0.25) is 23.6 Å². The van der Waals surface area contributed by atoms with E-state index in [9.17, 15) is 24.0 Å². The summed E-state index contributed by atoms with van der Waals surface area (Å²) in [6.07, 6.45) is 0.568. The van der Waals surface area contributed by atoms with Gasteiger partial charge < -0.3 is 37.2 Å². The average Bonchev–Trinajstić information content (AvgIpc) is 3.11. The van der Waals surface area contributed by atoms with Crippen LogP contribution < -0.4 is 22.1 Å². The van der Waals surface area contributed by atoms with Crippen LogP contribution in [0.1, 0.15) is 25.7 Å². The molecule has 1 aliphatic rings. The molecule has 0 saturated carbocycles. The lowest BCUT2D eigenvalue weighted by Gasteiger charge is -2.26. The first-order valence-electron chi connectivity index (χ1n) is 8.42. The Kier molecular flexibility index (Phi) is 8.62. The second-order valence-corrected chi connectivity index (χ2v) is 6.16. The largest absolute Gasteiger partial charge is 0.480 e. The Morgan fingerprint density at radius 2 is 1.89 bits per heavy atom. The van der Waals surface area contributed by atoms with Crippen molar-refractivity contribution in [2.75, 3.05) is 19.7 Å². The van der Waals surface area contributed by atoms with Crippen LogP contribution in [-0.4, -0.2) is 82.5 Å². The van der Waals surface area contributed by atoms with Gasteiger partial charge in [-0.2, -0.15) is 0 Å². The van der Waals surface area contributed by atoms with E-state index in [0.717, 1.165) is 0 Å². The van der Waals surface area contributed by atoms with Gasteiger partial charge in [-0.1, -0.05) is 0 Å². The quantitative estimate of drug-likeness (QED) is 0.219. The number of likely N-dealkylation sites (tertiary alicyclic amines) is 1. The van der Waals surface area contributed by atoms with Crippen molar-refractivity contribution in [3.63, 3.8) is 0 Å². The number of amides is 4. The molecule has 0 aromatic heterocycles. The van der Waals surface area contributed by atoms with Gasteiger partial charge in [0, 0.05) is 13.0 Å². The molecule has 1 rings (SSSR count). The maximum Gasteiger partial charge on any atom is 0.326 e. The number of carboxylic acids is 1. The van der Waals surface area contributed by atoms with Gasteiger partial charge in [-0.15, -0.1) is 0 Å². The van der Waals surface area contributed by atoms with Crippen LogP contribution >= 0.6 is 0 Å². The van der Waals surface area contributed by atoms with Crippen molar-refractivity contribution in [3.8, 4) is 0 Å². The Bertz CT molecular complexity index is 597. The van der Waals surface area contributed by atoms with Crippen molar-refractivity contribution in [2.24, 2.45) is 11.5 Å². The van der Waals surface area contributed by atoms with Gasteiger partial charge in [0.15, 0.2) is 0 Å². The molecule has 12 nitrogen and oxygen atoms in total. The minimum Gasteiger partial charge on any atom is -0.480 e. The van der Waals surface area contributed by atoms with Crippen LogP contribution in [0.25, 0.3) is 0 Å². The lowest BCUT2D eigenvalue weighted by molar-refractivity contribution is -0.142. The molecular formula is C15H25N5O7. The lowest BCUT2D eigenvalue weighted by atomic mass is 10.1. The van der Waals surface area contributed by atoms with E-state index in [1.165, 1.54) is 4.90 Å². The molecule has 0 radical (unpaired) electrons. The van der Waals surface area contributed by atoms with Gasteiger partial charge in [-0.3, -0.25) is 19.2 Å². The SMILES string of the molecule is NC(=O)CC[C@H](NC(=O)CNC(=O)[C@@H]1CCCN1C(=O)[C@@H](N)CO)C(=O)O. The van der Waals surface area contributed by atoms with Crippen LogP contribution in [-0.2, 0) is 24.0 Å². The molecule has 27 heavy (non-hydrogen) atoms. The standard InChI is InChI=1S/C15H25N5O7/c16-8(7-21)14(25)20-5-1-2-10(20)13(24)18-6-12(23)19-9(15(26)27)3-4-11(17)22/h8-10,21H,1-7,16H2,(H2,17,22)(H,18,24)(H,19,23)(H,26,27)/t8-,9-,10-/m0/s1. The maximum absolute atomic E-state index is 12.2. The highest BCUT2D eigenvalue weighted by Gasteiger charge is 2.36. The van der Waals surface area contributed by atoms with E-state index in [4.69, 9.17) is 21.7 Å². The molecule has 0 aliphatic carbocycles. The molecule has 0 bridgehead atoms. The number of hydrogen-bond acceptors (Lipinski definition) is 7. The predicted octanol–water partition coefficient (Wildman–Crippen LogP) is -3.75. The number of aliphatic hydroxyl groups is 1. The highest BCUT2D eigenvalue weighted by atomic mass is 16.4. The third-order valence-electron chi connectivity index (χ3n) is 4.09. The zero-order valence-electron chi connectivity index (χ0n) is 14.7. The Morgan fingerprint density at radius 1 is 1.22 bits per heavy atom. The molecule has 0 aromatic carbocycles. The molecule has 3 atom stereocenters. The van der Waals surface area contributed by atoms with E-state index in [2.05, 4.69) is 10.6 Å². The maximum atomic E-state index is 12.2. The van der Waals surface area contributed by atoms with Crippen LogP contribution in [0.3, 0.4) is 0 Å². The zero-order valence-corrected chi connectivity index (χ0v) is 14.7. The number of rotatable bonds is 10. The molecule has 1 saturated heterocycles. The number of carbonyl (C=O) groups is 5. The molecule has 1 heterocycles. The number of aliphatic hydroxyl groups excluding tert-OH is 1. The summed E-state index contributed by atoms with van der Waals surface area (Å²) >= 11 is 0. The van der Waals surface area contributed by atoms with E-state index < -0.39 is 60.9 Å². The number of nitrogens with zero attached hydrogens (tertiary/aromatic N) is 1. The van der Waals surface area contributed by atoms with Gasteiger partial charge in [0.05, 0.1) is 13.2 Å². The third kappa shape index (κ3) is 6.83. The van der Waals surface area contributed by atoms with Crippen molar-refractivity contribution in [2.45, 2.75) is 43.8 Å². The van der Waals surface area contributed by atoms with Crippen molar-refractivity contribution in [1.82, 2.24) is 15.5 Å². The second kappa shape index (κ2) is 10.4. The van der Waals surface area contributed by atoms with E-state index >= 15 is 0 Å². The van der Waals surface area contributed by atoms with Crippen LogP contribution in [0.15, 0.2) is 0 Å². The first kappa shape index (κ1) is 22.3. The first-order valence-corrected chi connectivity index (χ1v) is 8.42. The number of primary amides is 1. The highest BCUT2D eigenvalue weighted by molar-refractivity contribution is 5.93. The highest BCUT2D eigenvalue weighted by Crippen LogP contribution is 2.18. The molecule has 4 amide bonds.